The highest BCUT2D eigenvalue weighted by molar-refractivity contribution is 8.14. The average molecular weight is 485 g/mol. The van der Waals surface area contributed by atoms with E-state index in [1.54, 1.807) is 19.1 Å². The second-order valence-corrected chi connectivity index (χ2v) is 9.63. The molecular formula is C23H33FN2O6S. The van der Waals surface area contributed by atoms with Crippen LogP contribution in [0.15, 0.2) is 24.3 Å². The predicted octanol–water partition coefficient (Wildman–Crippen LogP) is 2.59. The van der Waals surface area contributed by atoms with Gasteiger partial charge < -0.3 is 20.1 Å². The summed E-state index contributed by atoms with van der Waals surface area (Å²) in [6, 6.07) is 4.58. The minimum Gasteiger partial charge on any atom is -0.464 e. The van der Waals surface area contributed by atoms with Crippen molar-refractivity contribution in [1.82, 2.24) is 10.6 Å². The molecule has 0 bridgehead atoms. The quantitative estimate of drug-likeness (QED) is 0.439. The van der Waals surface area contributed by atoms with Crippen molar-refractivity contribution in [1.29, 1.82) is 0 Å². The standard InChI is InChI=1S/C23H33FN2O6S/c1-7-32-21(29)18(13-31-12-16-8-10-17(24)11-9-16)25-22(30)23(5,6)26-20(28)19(14(2)3)33-15(4)27/h8-11,14,18-19H,7,12-13H2,1-6H3,(H,25,30)(H,26,28)/t18-,19+/m1/s1. The van der Waals surface area contributed by atoms with Crippen LogP contribution in [0, 0.1) is 11.7 Å². The molecule has 0 aromatic heterocycles. The van der Waals surface area contributed by atoms with E-state index in [0.717, 1.165) is 11.8 Å². The molecule has 0 fully saturated rings. The third kappa shape index (κ3) is 9.91. The van der Waals surface area contributed by atoms with Crippen LogP contribution >= 0.6 is 11.8 Å². The van der Waals surface area contributed by atoms with Crippen LogP contribution in [0.4, 0.5) is 4.39 Å². The lowest BCUT2D eigenvalue weighted by Crippen LogP contribution is -2.60. The van der Waals surface area contributed by atoms with Crippen LogP contribution in [0.3, 0.4) is 0 Å². The van der Waals surface area contributed by atoms with Crippen LogP contribution in [-0.4, -0.2) is 52.9 Å². The molecule has 0 aliphatic heterocycles. The molecule has 2 atom stereocenters. The second-order valence-electron chi connectivity index (χ2n) is 8.31. The van der Waals surface area contributed by atoms with Gasteiger partial charge in [-0.1, -0.05) is 37.7 Å². The summed E-state index contributed by atoms with van der Waals surface area (Å²) < 4.78 is 23.6. The van der Waals surface area contributed by atoms with Gasteiger partial charge in [-0.25, -0.2) is 9.18 Å². The van der Waals surface area contributed by atoms with Crippen LogP contribution in [0.1, 0.15) is 47.1 Å². The Morgan fingerprint density at radius 3 is 2.24 bits per heavy atom. The van der Waals surface area contributed by atoms with Gasteiger partial charge >= 0.3 is 5.97 Å². The number of benzene rings is 1. The Balaban J connectivity index is 2.82. The highest BCUT2D eigenvalue weighted by Gasteiger charge is 2.36. The lowest BCUT2D eigenvalue weighted by Gasteiger charge is -2.30. The zero-order valence-electron chi connectivity index (χ0n) is 19.9. The van der Waals surface area contributed by atoms with E-state index in [9.17, 15) is 23.6 Å². The smallest absolute Gasteiger partial charge is 0.331 e. The van der Waals surface area contributed by atoms with E-state index in [0.29, 0.717) is 5.56 Å². The zero-order valence-corrected chi connectivity index (χ0v) is 20.7. The van der Waals surface area contributed by atoms with Gasteiger partial charge in [0.25, 0.3) is 0 Å². The molecule has 1 rings (SSSR count). The highest BCUT2D eigenvalue weighted by atomic mass is 32.2. The predicted molar refractivity (Wildman–Crippen MR) is 124 cm³/mol. The maximum Gasteiger partial charge on any atom is 0.331 e. The van der Waals surface area contributed by atoms with Crippen LogP contribution in [0.25, 0.3) is 0 Å². The van der Waals surface area contributed by atoms with Crippen molar-refractivity contribution >= 4 is 34.7 Å². The normalized spacial score (nSPS) is 13.2. The van der Waals surface area contributed by atoms with Gasteiger partial charge in [-0.05, 0) is 44.4 Å². The molecule has 2 amide bonds. The van der Waals surface area contributed by atoms with E-state index in [2.05, 4.69) is 10.6 Å². The summed E-state index contributed by atoms with van der Waals surface area (Å²) in [6.45, 7) is 9.66. The van der Waals surface area contributed by atoms with E-state index in [1.165, 1.54) is 32.9 Å². The number of amides is 2. The first-order valence-electron chi connectivity index (χ1n) is 10.7. The van der Waals surface area contributed by atoms with Gasteiger partial charge in [0.1, 0.15) is 11.4 Å². The number of nitrogens with one attached hydrogen (secondary N) is 2. The van der Waals surface area contributed by atoms with Crippen molar-refractivity contribution in [3.05, 3.63) is 35.6 Å². The highest BCUT2D eigenvalue weighted by Crippen LogP contribution is 2.21. The summed E-state index contributed by atoms with van der Waals surface area (Å²) in [5.41, 5.74) is -0.677. The van der Waals surface area contributed by atoms with E-state index < -0.39 is 34.6 Å². The Morgan fingerprint density at radius 1 is 1.12 bits per heavy atom. The molecule has 0 aliphatic rings. The van der Waals surface area contributed by atoms with Crippen molar-refractivity contribution in [2.45, 2.75) is 65.0 Å². The molecule has 0 aliphatic carbocycles. The molecule has 10 heteroatoms. The largest absolute Gasteiger partial charge is 0.464 e. The summed E-state index contributed by atoms with van der Waals surface area (Å²) in [5, 5.41) is 4.36. The number of hydrogen-bond donors (Lipinski definition) is 2. The van der Waals surface area contributed by atoms with Gasteiger partial charge in [-0.2, -0.15) is 0 Å². The number of thioether (sulfide) groups is 1. The minimum atomic E-state index is -1.37. The summed E-state index contributed by atoms with van der Waals surface area (Å²) in [5.74, 6) is -2.26. The second kappa shape index (κ2) is 13.3. The molecule has 33 heavy (non-hydrogen) atoms. The van der Waals surface area contributed by atoms with Gasteiger partial charge in [0, 0.05) is 6.92 Å². The van der Waals surface area contributed by atoms with Gasteiger partial charge in [0.15, 0.2) is 11.2 Å². The number of carbonyl (C=O) groups excluding carboxylic acids is 4. The Morgan fingerprint density at radius 2 is 1.73 bits per heavy atom. The summed E-state index contributed by atoms with van der Waals surface area (Å²) in [4.78, 5) is 49.4. The van der Waals surface area contributed by atoms with Crippen LogP contribution in [0.2, 0.25) is 0 Å². The molecule has 0 radical (unpaired) electrons. The lowest BCUT2D eigenvalue weighted by atomic mass is 10.0. The van der Waals surface area contributed by atoms with Gasteiger partial charge in [0.2, 0.25) is 11.8 Å². The summed E-state index contributed by atoms with van der Waals surface area (Å²) >= 11 is 0.903. The number of rotatable bonds is 12. The molecule has 184 valence electrons. The Hall–Kier alpha value is -2.46. The number of esters is 1. The molecular weight excluding hydrogens is 451 g/mol. The van der Waals surface area contributed by atoms with E-state index in [-0.39, 0.29) is 36.7 Å². The van der Waals surface area contributed by atoms with E-state index in [1.807, 2.05) is 13.8 Å². The molecule has 0 saturated carbocycles. The van der Waals surface area contributed by atoms with Crippen molar-refractivity contribution in [2.75, 3.05) is 13.2 Å². The van der Waals surface area contributed by atoms with Crippen molar-refractivity contribution in [2.24, 2.45) is 5.92 Å². The first kappa shape index (κ1) is 28.6. The molecule has 0 heterocycles. The maximum absolute atomic E-state index is 13.0. The maximum atomic E-state index is 13.0. The summed E-state index contributed by atoms with van der Waals surface area (Å²) in [7, 11) is 0. The van der Waals surface area contributed by atoms with Crippen LogP contribution < -0.4 is 10.6 Å². The fraction of sp³-hybridized carbons (Fsp3) is 0.565. The third-order valence-electron chi connectivity index (χ3n) is 4.50. The fourth-order valence-electron chi connectivity index (χ4n) is 2.73. The Labute approximate surface area is 198 Å². The topological polar surface area (TPSA) is 111 Å². The minimum absolute atomic E-state index is 0.102. The van der Waals surface area contributed by atoms with Crippen molar-refractivity contribution < 1.29 is 33.0 Å². The van der Waals surface area contributed by atoms with E-state index in [4.69, 9.17) is 9.47 Å². The number of hydrogen-bond acceptors (Lipinski definition) is 7. The van der Waals surface area contributed by atoms with Gasteiger partial charge in [-0.15, -0.1) is 0 Å². The monoisotopic (exact) mass is 484 g/mol. The molecule has 0 saturated heterocycles. The Bertz CT molecular complexity index is 829. The first-order valence-corrected chi connectivity index (χ1v) is 11.5. The van der Waals surface area contributed by atoms with Gasteiger partial charge in [-0.3, -0.25) is 14.4 Å². The molecule has 8 nitrogen and oxygen atoms in total. The molecule has 2 N–H and O–H groups in total. The third-order valence-corrected chi connectivity index (χ3v) is 5.85. The first-order chi connectivity index (χ1) is 15.4. The lowest BCUT2D eigenvalue weighted by molar-refractivity contribution is -0.150. The number of ether oxygens (including phenoxy) is 2. The fourth-order valence-corrected chi connectivity index (χ4v) is 3.53. The van der Waals surface area contributed by atoms with E-state index >= 15 is 0 Å². The SMILES string of the molecule is CCOC(=O)[C@@H](COCc1ccc(F)cc1)NC(=O)C(C)(C)NC(=O)[C@@H](SC(C)=O)C(C)C. The Kier molecular flexibility index (Phi) is 11.5. The van der Waals surface area contributed by atoms with Gasteiger partial charge in [0.05, 0.1) is 25.1 Å². The summed E-state index contributed by atoms with van der Waals surface area (Å²) in [6.07, 6.45) is 0. The molecule has 1 aromatic carbocycles. The number of carbonyl (C=O) groups is 4. The molecule has 0 unspecified atom stereocenters. The average Bonchev–Trinajstić information content (AvgIpc) is 2.71. The molecule has 0 spiro atoms. The number of halogens is 1. The van der Waals surface area contributed by atoms with Crippen LogP contribution in [-0.2, 0) is 35.3 Å². The van der Waals surface area contributed by atoms with Crippen LogP contribution in [0.5, 0.6) is 0 Å². The molecule has 1 aromatic rings. The zero-order chi connectivity index (χ0) is 25.2. The van der Waals surface area contributed by atoms with Crippen molar-refractivity contribution in [3.8, 4) is 0 Å². The van der Waals surface area contributed by atoms with Crippen molar-refractivity contribution in [3.63, 3.8) is 0 Å².